The van der Waals surface area contributed by atoms with Crippen molar-refractivity contribution < 1.29 is 4.79 Å². The summed E-state index contributed by atoms with van der Waals surface area (Å²) in [6.45, 7) is 1.51. The zero-order valence-electron chi connectivity index (χ0n) is 10.2. The van der Waals surface area contributed by atoms with Crippen LogP contribution in [-0.4, -0.2) is 29.9 Å². The summed E-state index contributed by atoms with van der Waals surface area (Å²) in [7, 11) is 0. The first-order chi connectivity index (χ1) is 8.59. The lowest BCUT2D eigenvalue weighted by atomic mass is 9.95. The maximum atomic E-state index is 11.8. The lowest BCUT2D eigenvalue weighted by Crippen LogP contribution is -2.35. The van der Waals surface area contributed by atoms with Crippen LogP contribution in [0.2, 0.25) is 5.02 Å². The maximum absolute atomic E-state index is 11.8. The Kier molecular flexibility index (Phi) is 2.83. The van der Waals surface area contributed by atoms with Gasteiger partial charge in [0.1, 0.15) is 0 Å². The average molecular weight is 265 g/mol. The third-order valence-electron chi connectivity index (χ3n) is 4.05. The van der Waals surface area contributed by atoms with E-state index in [0.29, 0.717) is 13.0 Å². The number of carbonyl (C=O) groups excluding carboxylic acids is 1. The molecule has 1 aromatic rings. The summed E-state index contributed by atoms with van der Waals surface area (Å²) in [6.07, 6.45) is 2.79. The fourth-order valence-electron chi connectivity index (χ4n) is 2.81. The molecule has 0 spiro atoms. The van der Waals surface area contributed by atoms with E-state index in [4.69, 9.17) is 17.3 Å². The van der Waals surface area contributed by atoms with Crippen LogP contribution in [-0.2, 0) is 10.2 Å². The second-order valence-corrected chi connectivity index (χ2v) is 5.96. The molecule has 1 heterocycles. The third kappa shape index (κ3) is 2.13. The minimum atomic E-state index is 0.0125. The first-order valence-corrected chi connectivity index (χ1v) is 6.76. The van der Waals surface area contributed by atoms with Gasteiger partial charge in [0, 0.05) is 36.0 Å². The molecule has 1 aliphatic heterocycles. The van der Waals surface area contributed by atoms with Crippen LogP contribution in [0.3, 0.4) is 0 Å². The van der Waals surface area contributed by atoms with E-state index in [1.54, 1.807) is 0 Å². The summed E-state index contributed by atoms with van der Waals surface area (Å²) in [6, 6.07) is 8.02. The van der Waals surface area contributed by atoms with Gasteiger partial charge in [-0.05, 0) is 30.5 Å². The number of hydrogen-bond donors (Lipinski definition) is 1. The van der Waals surface area contributed by atoms with Gasteiger partial charge < -0.3 is 10.6 Å². The van der Waals surface area contributed by atoms with Gasteiger partial charge in [-0.3, -0.25) is 4.79 Å². The van der Waals surface area contributed by atoms with Crippen molar-refractivity contribution >= 4 is 17.5 Å². The molecule has 0 aromatic heterocycles. The number of halogens is 1. The topological polar surface area (TPSA) is 46.3 Å². The molecule has 1 atom stereocenters. The van der Waals surface area contributed by atoms with Gasteiger partial charge >= 0.3 is 0 Å². The monoisotopic (exact) mass is 264 g/mol. The standard InChI is InChI=1S/C14H17ClN2O/c15-11-3-1-10(2-4-11)14(5-6-14)9-17-8-12(16)7-13(17)18/h1-4,12H,5-9,16H2. The number of amides is 1. The summed E-state index contributed by atoms with van der Waals surface area (Å²) in [5, 5.41) is 0.758. The Bertz CT molecular complexity index is 467. The second kappa shape index (κ2) is 4.25. The van der Waals surface area contributed by atoms with Gasteiger partial charge in [-0.2, -0.15) is 0 Å². The van der Waals surface area contributed by atoms with Crippen molar-refractivity contribution in [3.63, 3.8) is 0 Å². The van der Waals surface area contributed by atoms with Crippen molar-refractivity contribution in [1.82, 2.24) is 4.90 Å². The smallest absolute Gasteiger partial charge is 0.224 e. The van der Waals surface area contributed by atoms with Crippen LogP contribution in [0.1, 0.15) is 24.8 Å². The van der Waals surface area contributed by atoms with E-state index in [9.17, 15) is 4.79 Å². The van der Waals surface area contributed by atoms with Crippen LogP contribution in [0.5, 0.6) is 0 Å². The normalized spacial score (nSPS) is 25.6. The van der Waals surface area contributed by atoms with Gasteiger partial charge in [0.25, 0.3) is 0 Å². The van der Waals surface area contributed by atoms with E-state index in [0.717, 1.165) is 24.4 Å². The molecular formula is C14H17ClN2O. The molecule has 3 nitrogen and oxygen atoms in total. The Morgan fingerprint density at radius 1 is 1.33 bits per heavy atom. The van der Waals surface area contributed by atoms with Gasteiger partial charge in [0.05, 0.1) is 0 Å². The van der Waals surface area contributed by atoms with Crippen molar-refractivity contribution in [1.29, 1.82) is 0 Å². The largest absolute Gasteiger partial charge is 0.340 e. The highest BCUT2D eigenvalue weighted by molar-refractivity contribution is 6.30. The zero-order chi connectivity index (χ0) is 12.8. The fourth-order valence-corrected chi connectivity index (χ4v) is 2.94. The van der Waals surface area contributed by atoms with Crippen LogP contribution in [0, 0.1) is 0 Å². The van der Waals surface area contributed by atoms with Crippen molar-refractivity contribution in [2.24, 2.45) is 5.73 Å². The molecule has 1 aromatic carbocycles. The minimum absolute atomic E-state index is 0.0125. The van der Waals surface area contributed by atoms with E-state index in [1.807, 2.05) is 17.0 Å². The minimum Gasteiger partial charge on any atom is -0.340 e. The SMILES string of the molecule is NC1CC(=O)N(CC2(c3ccc(Cl)cc3)CC2)C1. The summed E-state index contributed by atoms with van der Waals surface area (Å²) < 4.78 is 0. The molecular weight excluding hydrogens is 248 g/mol. The summed E-state index contributed by atoms with van der Waals surface area (Å²) in [5.41, 5.74) is 7.28. The van der Waals surface area contributed by atoms with Crippen LogP contribution in [0.15, 0.2) is 24.3 Å². The number of rotatable bonds is 3. The number of likely N-dealkylation sites (tertiary alicyclic amines) is 1. The molecule has 1 aliphatic carbocycles. The Hall–Kier alpha value is -1.06. The molecule has 1 saturated heterocycles. The first-order valence-electron chi connectivity index (χ1n) is 6.38. The average Bonchev–Trinajstić information content (AvgIpc) is 3.03. The van der Waals surface area contributed by atoms with Gasteiger partial charge in [0.2, 0.25) is 5.91 Å². The molecule has 2 N–H and O–H groups in total. The van der Waals surface area contributed by atoms with Crippen molar-refractivity contribution in [3.05, 3.63) is 34.9 Å². The number of nitrogens with two attached hydrogens (primary N) is 1. The second-order valence-electron chi connectivity index (χ2n) is 5.53. The lowest BCUT2D eigenvalue weighted by Gasteiger charge is -2.24. The predicted molar refractivity (Wildman–Crippen MR) is 71.5 cm³/mol. The van der Waals surface area contributed by atoms with Gasteiger partial charge in [0.15, 0.2) is 0 Å². The number of carbonyl (C=O) groups is 1. The van der Waals surface area contributed by atoms with Crippen LogP contribution < -0.4 is 5.73 Å². The van der Waals surface area contributed by atoms with E-state index in [-0.39, 0.29) is 17.4 Å². The molecule has 1 saturated carbocycles. The van der Waals surface area contributed by atoms with Crippen molar-refractivity contribution in [2.75, 3.05) is 13.1 Å². The highest BCUT2D eigenvalue weighted by atomic mass is 35.5. The Balaban J connectivity index is 1.76. The van der Waals surface area contributed by atoms with Gasteiger partial charge in [-0.15, -0.1) is 0 Å². The van der Waals surface area contributed by atoms with E-state index >= 15 is 0 Å². The quantitative estimate of drug-likeness (QED) is 0.907. The molecule has 4 heteroatoms. The fraction of sp³-hybridized carbons (Fsp3) is 0.500. The summed E-state index contributed by atoms with van der Waals surface area (Å²) >= 11 is 5.91. The van der Waals surface area contributed by atoms with Crippen LogP contribution in [0.25, 0.3) is 0 Å². The zero-order valence-corrected chi connectivity index (χ0v) is 11.0. The molecule has 2 fully saturated rings. The van der Waals surface area contributed by atoms with E-state index in [1.165, 1.54) is 5.56 Å². The van der Waals surface area contributed by atoms with Gasteiger partial charge in [-0.1, -0.05) is 23.7 Å². The molecule has 0 bridgehead atoms. The van der Waals surface area contributed by atoms with Crippen molar-refractivity contribution in [2.45, 2.75) is 30.7 Å². The molecule has 1 unspecified atom stereocenters. The van der Waals surface area contributed by atoms with Gasteiger partial charge in [-0.25, -0.2) is 0 Å². The molecule has 96 valence electrons. The first kappa shape index (κ1) is 12.0. The van der Waals surface area contributed by atoms with Crippen LogP contribution in [0.4, 0.5) is 0 Å². The summed E-state index contributed by atoms with van der Waals surface area (Å²) in [5.74, 6) is 0.197. The Morgan fingerprint density at radius 3 is 2.50 bits per heavy atom. The van der Waals surface area contributed by atoms with Crippen molar-refractivity contribution in [3.8, 4) is 0 Å². The molecule has 3 rings (SSSR count). The predicted octanol–water partition coefficient (Wildman–Crippen LogP) is 1.93. The maximum Gasteiger partial charge on any atom is 0.224 e. The highest BCUT2D eigenvalue weighted by Crippen LogP contribution is 2.49. The number of nitrogens with zero attached hydrogens (tertiary/aromatic N) is 1. The third-order valence-corrected chi connectivity index (χ3v) is 4.30. The number of benzene rings is 1. The summed E-state index contributed by atoms with van der Waals surface area (Å²) in [4.78, 5) is 13.7. The molecule has 1 amide bonds. The van der Waals surface area contributed by atoms with Crippen LogP contribution >= 0.6 is 11.6 Å². The molecule has 18 heavy (non-hydrogen) atoms. The molecule has 2 aliphatic rings. The number of hydrogen-bond acceptors (Lipinski definition) is 2. The van der Waals surface area contributed by atoms with E-state index < -0.39 is 0 Å². The lowest BCUT2D eigenvalue weighted by molar-refractivity contribution is -0.128. The van der Waals surface area contributed by atoms with E-state index in [2.05, 4.69) is 12.1 Å². The molecule has 0 radical (unpaired) electrons. The highest BCUT2D eigenvalue weighted by Gasteiger charge is 2.47. The Labute approximate surface area is 112 Å². The Morgan fingerprint density at radius 2 is 2.00 bits per heavy atom.